The number of hydrogen-bond acceptors (Lipinski definition) is 7. The second-order valence-corrected chi connectivity index (χ2v) is 11.4. The van der Waals surface area contributed by atoms with E-state index >= 15 is 0 Å². The van der Waals surface area contributed by atoms with Gasteiger partial charge in [0.15, 0.2) is 15.0 Å². The molecule has 0 saturated carbocycles. The van der Waals surface area contributed by atoms with Crippen LogP contribution in [0.25, 0.3) is 10.2 Å². The van der Waals surface area contributed by atoms with E-state index in [1.807, 2.05) is 48.9 Å². The molecule has 184 valence electrons. The van der Waals surface area contributed by atoms with E-state index in [2.05, 4.69) is 10.1 Å². The summed E-state index contributed by atoms with van der Waals surface area (Å²) in [5.41, 5.74) is 2.77. The summed E-state index contributed by atoms with van der Waals surface area (Å²) in [4.78, 5) is 19.8. The zero-order valence-corrected chi connectivity index (χ0v) is 21.6. The lowest BCUT2D eigenvalue weighted by Gasteiger charge is -2.20. The topological polar surface area (TPSA) is 94.4 Å². The lowest BCUT2D eigenvalue weighted by atomic mass is 10.3. The molecule has 1 amide bonds. The zero-order chi connectivity index (χ0) is 25.0. The Labute approximate surface area is 209 Å². The van der Waals surface area contributed by atoms with Crippen molar-refractivity contribution >= 4 is 42.4 Å². The largest absolute Gasteiger partial charge is 0.497 e. The number of para-hydroxylation sites is 1. The van der Waals surface area contributed by atoms with Gasteiger partial charge in [0.1, 0.15) is 5.75 Å². The molecule has 0 atom stereocenters. The molecule has 10 heteroatoms. The smallest absolute Gasteiger partial charge is 0.228 e. The predicted octanol–water partition coefficient (Wildman–Crippen LogP) is 4.41. The van der Waals surface area contributed by atoms with Crippen LogP contribution >= 0.6 is 11.3 Å². The van der Waals surface area contributed by atoms with Crippen LogP contribution in [0.1, 0.15) is 24.2 Å². The minimum absolute atomic E-state index is 0.0996. The van der Waals surface area contributed by atoms with E-state index < -0.39 is 9.84 Å². The number of amides is 1. The first-order chi connectivity index (χ1) is 16.8. The maximum Gasteiger partial charge on any atom is 0.228 e. The van der Waals surface area contributed by atoms with Crippen molar-refractivity contribution in [3.8, 4) is 5.75 Å². The molecule has 2 aromatic heterocycles. The van der Waals surface area contributed by atoms with E-state index in [1.54, 1.807) is 17.0 Å². The molecule has 0 radical (unpaired) electrons. The van der Waals surface area contributed by atoms with Gasteiger partial charge in [-0.05, 0) is 62.7 Å². The van der Waals surface area contributed by atoms with Crippen molar-refractivity contribution in [3.05, 3.63) is 66.0 Å². The molecule has 2 aromatic carbocycles. The standard InChI is InChI=1S/C25H28N4O4S2/c1-18-17-19(2)29(27-18)15-14-28(25-26-22-7-4-5-8-23(22)34-25)24(30)9-6-16-35(31,32)21-12-10-20(33-3)11-13-21/h4-5,7-8,10-13,17H,6,9,14-16H2,1-3H3. The first-order valence-electron chi connectivity index (χ1n) is 11.3. The van der Waals surface area contributed by atoms with Crippen LogP contribution in [0.15, 0.2) is 59.5 Å². The average Bonchev–Trinajstić information content (AvgIpc) is 3.41. The summed E-state index contributed by atoms with van der Waals surface area (Å²) in [5.74, 6) is 0.319. The fourth-order valence-electron chi connectivity index (χ4n) is 3.85. The normalized spacial score (nSPS) is 11.6. The van der Waals surface area contributed by atoms with Crippen LogP contribution in [-0.4, -0.2) is 48.5 Å². The van der Waals surface area contributed by atoms with E-state index in [0.29, 0.717) is 24.0 Å². The van der Waals surface area contributed by atoms with Gasteiger partial charge in [0.25, 0.3) is 0 Å². The van der Waals surface area contributed by atoms with Crippen molar-refractivity contribution in [3.63, 3.8) is 0 Å². The number of rotatable bonds is 10. The van der Waals surface area contributed by atoms with Gasteiger partial charge in [-0.15, -0.1) is 0 Å². The molecule has 0 unspecified atom stereocenters. The summed E-state index contributed by atoms with van der Waals surface area (Å²) >= 11 is 1.45. The molecule has 8 nitrogen and oxygen atoms in total. The molecule has 2 heterocycles. The Hall–Kier alpha value is -3.24. The molecule has 0 aliphatic carbocycles. The number of carbonyl (C=O) groups excluding carboxylic acids is 1. The molecule has 0 N–H and O–H groups in total. The molecule has 0 spiro atoms. The number of nitrogens with zero attached hydrogens (tertiary/aromatic N) is 4. The molecule has 35 heavy (non-hydrogen) atoms. The van der Waals surface area contributed by atoms with Gasteiger partial charge >= 0.3 is 0 Å². The first kappa shape index (κ1) is 24.9. The number of aromatic nitrogens is 3. The quantitative estimate of drug-likeness (QED) is 0.313. The number of methoxy groups -OCH3 is 1. The minimum atomic E-state index is -3.50. The van der Waals surface area contributed by atoms with Crippen molar-refractivity contribution in [2.24, 2.45) is 0 Å². The maximum atomic E-state index is 13.3. The number of carbonyl (C=O) groups is 1. The minimum Gasteiger partial charge on any atom is -0.497 e. The third-order valence-corrected chi connectivity index (χ3v) is 8.55. The predicted molar refractivity (Wildman–Crippen MR) is 138 cm³/mol. The number of thiazole rings is 1. The summed E-state index contributed by atoms with van der Waals surface area (Å²) in [6, 6.07) is 16.0. The number of sulfone groups is 1. The summed E-state index contributed by atoms with van der Waals surface area (Å²) in [6.45, 7) is 4.83. The molecule has 0 bridgehead atoms. The first-order valence-corrected chi connectivity index (χ1v) is 13.8. The van der Waals surface area contributed by atoms with Gasteiger partial charge in [0.05, 0.1) is 40.2 Å². The van der Waals surface area contributed by atoms with Crippen LogP contribution in [0, 0.1) is 13.8 Å². The molecular formula is C25H28N4O4S2. The fourth-order valence-corrected chi connectivity index (χ4v) is 6.17. The molecule has 0 saturated heterocycles. The Morgan fingerprint density at radius 2 is 1.86 bits per heavy atom. The van der Waals surface area contributed by atoms with Crippen LogP contribution in [0.5, 0.6) is 5.75 Å². The van der Waals surface area contributed by atoms with Crippen LogP contribution in [0.3, 0.4) is 0 Å². The summed E-state index contributed by atoms with van der Waals surface area (Å²) in [6.07, 6.45) is 0.316. The maximum absolute atomic E-state index is 13.3. The SMILES string of the molecule is COc1ccc(S(=O)(=O)CCCC(=O)N(CCn2nc(C)cc2C)c2nc3ccccc3s2)cc1. The van der Waals surface area contributed by atoms with E-state index in [1.165, 1.54) is 30.6 Å². The van der Waals surface area contributed by atoms with Crippen molar-refractivity contribution in [1.82, 2.24) is 14.8 Å². The van der Waals surface area contributed by atoms with E-state index in [4.69, 9.17) is 4.74 Å². The van der Waals surface area contributed by atoms with Gasteiger partial charge < -0.3 is 4.74 Å². The Morgan fingerprint density at radius 1 is 1.11 bits per heavy atom. The molecule has 0 aliphatic heterocycles. The van der Waals surface area contributed by atoms with Gasteiger partial charge in [-0.25, -0.2) is 13.4 Å². The highest BCUT2D eigenvalue weighted by atomic mass is 32.2. The highest BCUT2D eigenvalue weighted by molar-refractivity contribution is 7.91. The van der Waals surface area contributed by atoms with E-state index in [-0.39, 0.29) is 29.4 Å². The second kappa shape index (κ2) is 10.6. The Bertz CT molecular complexity index is 1390. The summed E-state index contributed by atoms with van der Waals surface area (Å²) in [7, 11) is -1.97. The van der Waals surface area contributed by atoms with Crippen LogP contribution < -0.4 is 9.64 Å². The number of fused-ring (bicyclic) bond motifs is 1. The number of ether oxygens (including phenoxy) is 1. The highest BCUT2D eigenvalue weighted by Crippen LogP contribution is 2.29. The van der Waals surface area contributed by atoms with E-state index in [0.717, 1.165) is 21.6 Å². The Balaban J connectivity index is 1.47. The molecule has 0 fully saturated rings. The van der Waals surface area contributed by atoms with Crippen LogP contribution in [0.4, 0.5) is 5.13 Å². The molecule has 4 aromatic rings. The lowest BCUT2D eigenvalue weighted by molar-refractivity contribution is -0.118. The number of hydrogen-bond donors (Lipinski definition) is 0. The van der Waals surface area contributed by atoms with E-state index in [9.17, 15) is 13.2 Å². The molecular weight excluding hydrogens is 484 g/mol. The lowest BCUT2D eigenvalue weighted by Crippen LogP contribution is -2.34. The van der Waals surface area contributed by atoms with Gasteiger partial charge in [0, 0.05) is 18.7 Å². The third kappa shape index (κ3) is 5.88. The number of aryl methyl sites for hydroxylation is 2. The highest BCUT2D eigenvalue weighted by Gasteiger charge is 2.22. The van der Waals surface area contributed by atoms with Crippen molar-refractivity contribution in [2.45, 2.75) is 38.1 Å². The second-order valence-electron chi connectivity index (χ2n) is 8.26. The summed E-state index contributed by atoms with van der Waals surface area (Å²) < 4.78 is 33.4. The third-order valence-electron chi connectivity index (χ3n) is 5.68. The summed E-state index contributed by atoms with van der Waals surface area (Å²) in [5, 5.41) is 5.10. The van der Waals surface area contributed by atoms with Gasteiger partial charge in [-0.2, -0.15) is 5.10 Å². The fraction of sp³-hybridized carbons (Fsp3) is 0.320. The zero-order valence-electron chi connectivity index (χ0n) is 20.0. The Morgan fingerprint density at radius 3 is 2.51 bits per heavy atom. The monoisotopic (exact) mass is 512 g/mol. The van der Waals surface area contributed by atoms with Crippen molar-refractivity contribution in [1.29, 1.82) is 0 Å². The van der Waals surface area contributed by atoms with Crippen molar-refractivity contribution in [2.75, 3.05) is 24.3 Å². The van der Waals surface area contributed by atoms with Crippen molar-refractivity contribution < 1.29 is 17.9 Å². The van der Waals surface area contributed by atoms with Gasteiger partial charge in [-0.3, -0.25) is 14.4 Å². The molecule has 0 aliphatic rings. The van der Waals surface area contributed by atoms with Gasteiger partial charge in [0.2, 0.25) is 5.91 Å². The van der Waals surface area contributed by atoms with Crippen LogP contribution in [0.2, 0.25) is 0 Å². The molecule has 4 rings (SSSR count). The number of anilines is 1. The van der Waals surface area contributed by atoms with Crippen LogP contribution in [-0.2, 0) is 21.2 Å². The Kier molecular flexibility index (Phi) is 7.51. The number of benzene rings is 2. The average molecular weight is 513 g/mol. The van der Waals surface area contributed by atoms with Gasteiger partial charge in [-0.1, -0.05) is 23.5 Å².